The van der Waals surface area contributed by atoms with Crippen LogP contribution in [0.3, 0.4) is 0 Å². The summed E-state index contributed by atoms with van der Waals surface area (Å²) in [5.74, 6) is -0.114. The van der Waals surface area contributed by atoms with Crippen molar-refractivity contribution in [1.82, 2.24) is 4.90 Å². The first-order valence-electron chi connectivity index (χ1n) is 6.80. The van der Waals surface area contributed by atoms with Gasteiger partial charge in [-0.15, -0.1) is 0 Å². The van der Waals surface area contributed by atoms with Gasteiger partial charge in [-0.3, -0.25) is 4.79 Å². The Bertz CT molecular complexity index is 517. The average Bonchev–Trinajstić information content (AvgIpc) is 2.95. The van der Waals surface area contributed by atoms with Gasteiger partial charge in [0.1, 0.15) is 5.82 Å². The normalized spacial score (nSPS) is 29.6. The lowest BCUT2D eigenvalue weighted by Gasteiger charge is -2.19. The second-order valence-electron chi connectivity index (χ2n) is 5.72. The molecule has 0 spiro atoms. The smallest absolute Gasteiger partial charge is 0.256 e. The lowest BCUT2D eigenvalue weighted by molar-refractivity contribution is 0.0747. The summed E-state index contributed by atoms with van der Waals surface area (Å²) in [6.45, 7) is 2.86. The molecule has 1 aliphatic heterocycles. The van der Waals surface area contributed by atoms with E-state index in [0.717, 1.165) is 12.8 Å². The Morgan fingerprint density at radius 2 is 2.16 bits per heavy atom. The summed E-state index contributed by atoms with van der Waals surface area (Å²) in [7, 11) is 0. The number of carbonyl (C=O) groups excluding carboxylic acids is 1. The number of aryl methyl sites for hydroxylation is 1. The molecule has 1 heterocycles. The van der Waals surface area contributed by atoms with E-state index in [-0.39, 0.29) is 23.5 Å². The third-order valence-electron chi connectivity index (χ3n) is 4.53. The highest BCUT2D eigenvalue weighted by molar-refractivity contribution is 5.95. The van der Waals surface area contributed by atoms with Crippen molar-refractivity contribution >= 4 is 5.91 Å². The molecule has 0 bridgehead atoms. The molecule has 3 rings (SSSR count). The monoisotopic (exact) mass is 263 g/mol. The molecule has 2 aliphatic rings. The minimum absolute atomic E-state index is 0.148. The van der Waals surface area contributed by atoms with Gasteiger partial charge >= 0.3 is 0 Å². The predicted molar refractivity (Wildman–Crippen MR) is 69.3 cm³/mol. The highest BCUT2D eigenvalue weighted by Crippen LogP contribution is 2.38. The molecule has 1 aromatic rings. The third kappa shape index (κ3) is 2.04. The molecule has 1 aromatic carbocycles. The van der Waals surface area contributed by atoms with E-state index in [1.165, 1.54) is 6.07 Å². The number of carbonyl (C=O) groups is 1. The zero-order chi connectivity index (χ0) is 13.6. The number of likely N-dealkylation sites (tertiary alicyclic amines) is 1. The summed E-state index contributed by atoms with van der Waals surface area (Å²) in [6, 6.07) is 4.90. The van der Waals surface area contributed by atoms with Crippen LogP contribution in [0.25, 0.3) is 0 Å². The maximum absolute atomic E-state index is 14.0. The molecule has 0 radical (unpaired) electrons. The summed E-state index contributed by atoms with van der Waals surface area (Å²) in [6.07, 6.45) is 1.49. The molecular weight excluding hydrogens is 245 g/mol. The van der Waals surface area contributed by atoms with Crippen LogP contribution in [-0.4, -0.2) is 35.1 Å². The maximum atomic E-state index is 14.0. The van der Waals surface area contributed by atoms with Gasteiger partial charge in [-0.1, -0.05) is 12.1 Å². The number of benzene rings is 1. The van der Waals surface area contributed by atoms with Crippen molar-refractivity contribution < 1.29 is 14.3 Å². The number of halogens is 1. The van der Waals surface area contributed by atoms with Crippen molar-refractivity contribution in [1.29, 1.82) is 0 Å². The Morgan fingerprint density at radius 1 is 1.37 bits per heavy atom. The summed E-state index contributed by atoms with van der Waals surface area (Å²) >= 11 is 0. The molecule has 1 saturated heterocycles. The number of fused-ring (bicyclic) bond motifs is 1. The number of aliphatic hydroxyl groups excluding tert-OH is 1. The van der Waals surface area contributed by atoms with Gasteiger partial charge in [0.15, 0.2) is 0 Å². The standard InChI is InChI=1S/C15H18FNO2/c1-9-3-2-4-11(14(9)16)15(19)17-7-10-5-6-13(18)12(10)8-17/h2-4,10,12-13,18H,5-8H2,1H3. The van der Waals surface area contributed by atoms with E-state index < -0.39 is 5.82 Å². The average molecular weight is 263 g/mol. The van der Waals surface area contributed by atoms with Crippen molar-refractivity contribution in [3.63, 3.8) is 0 Å². The summed E-state index contributed by atoms with van der Waals surface area (Å²) in [5.41, 5.74) is 0.639. The molecular formula is C15H18FNO2. The van der Waals surface area contributed by atoms with Gasteiger partial charge in [0.05, 0.1) is 11.7 Å². The second-order valence-corrected chi connectivity index (χ2v) is 5.72. The summed E-state index contributed by atoms with van der Waals surface area (Å²) in [5, 5.41) is 9.86. The van der Waals surface area contributed by atoms with Crippen molar-refractivity contribution in [2.24, 2.45) is 11.8 Å². The molecule has 3 atom stereocenters. The fraction of sp³-hybridized carbons (Fsp3) is 0.533. The van der Waals surface area contributed by atoms with Crippen LogP contribution in [0.5, 0.6) is 0 Å². The number of aliphatic hydroxyl groups is 1. The van der Waals surface area contributed by atoms with E-state index in [4.69, 9.17) is 0 Å². The number of nitrogens with zero attached hydrogens (tertiary/aromatic N) is 1. The Balaban J connectivity index is 1.81. The number of hydrogen-bond acceptors (Lipinski definition) is 2. The number of amides is 1. The lowest BCUT2D eigenvalue weighted by Crippen LogP contribution is -2.31. The van der Waals surface area contributed by atoms with Gasteiger partial charge in [0.25, 0.3) is 5.91 Å². The molecule has 1 amide bonds. The van der Waals surface area contributed by atoms with Crippen LogP contribution in [0.2, 0.25) is 0 Å². The molecule has 19 heavy (non-hydrogen) atoms. The van der Waals surface area contributed by atoms with Gasteiger partial charge in [-0.25, -0.2) is 4.39 Å². The molecule has 2 fully saturated rings. The molecule has 102 valence electrons. The van der Waals surface area contributed by atoms with Crippen molar-refractivity contribution in [2.45, 2.75) is 25.9 Å². The summed E-state index contributed by atoms with van der Waals surface area (Å²) < 4.78 is 14.0. The predicted octanol–water partition coefficient (Wildman–Crippen LogP) is 1.98. The minimum Gasteiger partial charge on any atom is -0.393 e. The molecule has 1 aliphatic carbocycles. The van der Waals surface area contributed by atoms with Crippen molar-refractivity contribution in [3.8, 4) is 0 Å². The Hall–Kier alpha value is -1.42. The van der Waals surface area contributed by atoms with Crippen LogP contribution >= 0.6 is 0 Å². The van der Waals surface area contributed by atoms with Crippen LogP contribution < -0.4 is 0 Å². The fourth-order valence-corrected chi connectivity index (χ4v) is 3.39. The fourth-order valence-electron chi connectivity index (χ4n) is 3.39. The minimum atomic E-state index is -0.426. The van der Waals surface area contributed by atoms with Gasteiger partial charge in [-0.2, -0.15) is 0 Å². The molecule has 0 aromatic heterocycles. The zero-order valence-corrected chi connectivity index (χ0v) is 11.0. The second kappa shape index (κ2) is 4.60. The Labute approximate surface area is 112 Å². The molecule has 3 unspecified atom stereocenters. The van der Waals surface area contributed by atoms with Crippen LogP contribution in [0.15, 0.2) is 18.2 Å². The quantitative estimate of drug-likeness (QED) is 0.841. The first kappa shape index (κ1) is 12.6. The highest BCUT2D eigenvalue weighted by atomic mass is 19.1. The van der Waals surface area contributed by atoms with Gasteiger partial charge < -0.3 is 10.0 Å². The van der Waals surface area contributed by atoms with Gasteiger partial charge in [0, 0.05) is 19.0 Å². The lowest BCUT2D eigenvalue weighted by atomic mass is 10.00. The van der Waals surface area contributed by atoms with E-state index in [2.05, 4.69) is 0 Å². The van der Waals surface area contributed by atoms with E-state index in [0.29, 0.717) is 24.6 Å². The van der Waals surface area contributed by atoms with E-state index >= 15 is 0 Å². The Kier molecular flexibility index (Phi) is 3.05. The highest BCUT2D eigenvalue weighted by Gasteiger charge is 2.43. The van der Waals surface area contributed by atoms with E-state index in [1.54, 1.807) is 24.0 Å². The SMILES string of the molecule is Cc1cccc(C(=O)N2CC3CCC(O)C3C2)c1F. The van der Waals surface area contributed by atoms with Gasteiger partial charge in [0.2, 0.25) is 0 Å². The van der Waals surface area contributed by atoms with Crippen LogP contribution in [-0.2, 0) is 0 Å². The largest absolute Gasteiger partial charge is 0.393 e. The van der Waals surface area contributed by atoms with Crippen LogP contribution in [0.4, 0.5) is 4.39 Å². The van der Waals surface area contributed by atoms with Crippen LogP contribution in [0, 0.1) is 24.6 Å². The molecule has 1 saturated carbocycles. The maximum Gasteiger partial charge on any atom is 0.256 e. The number of hydrogen-bond donors (Lipinski definition) is 1. The van der Waals surface area contributed by atoms with Crippen molar-refractivity contribution in [2.75, 3.05) is 13.1 Å². The Morgan fingerprint density at radius 3 is 2.89 bits per heavy atom. The molecule has 3 nitrogen and oxygen atoms in total. The van der Waals surface area contributed by atoms with Gasteiger partial charge in [-0.05, 0) is 37.3 Å². The third-order valence-corrected chi connectivity index (χ3v) is 4.53. The first-order valence-corrected chi connectivity index (χ1v) is 6.80. The van der Waals surface area contributed by atoms with E-state index in [1.807, 2.05) is 0 Å². The van der Waals surface area contributed by atoms with Crippen LogP contribution in [0.1, 0.15) is 28.8 Å². The topological polar surface area (TPSA) is 40.5 Å². The van der Waals surface area contributed by atoms with Crippen molar-refractivity contribution in [3.05, 3.63) is 35.1 Å². The van der Waals surface area contributed by atoms with E-state index in [9.17, 15) is 14.3 Å². The molecule has 1 N–H and O–H groups in total. The zero-order valence-electron chi connectivity index (χ0n) is 11.0. The molecule has 4 heteroatoms. The first-order chi connectivity index (χ1) is 9.08. The number of rotatable bonds is 1. The summed E-state index contributed by atoms with van der Waals surface area (Å²) in [4.78, 5) is 14.1.